The van der Waals surface area contributed by atoms with Gasteiger partial charge in [0.2, 0.25) is 5.91 Å². The smallest absolute Gasteiger partial charge is 0.232 e. The molecule has 3 rings (SSSR count). The number of hydrogen-bond acceptors (Lipinski definition) is 2. The molecule has 21 heavy (non-hydrogen) atoms. The van der Waals surface area contributed by atoms with Crippen LogP contribution in [0, 0.1) is 11.8 Å². The third-order valence-corrected chi connectivity index (χ3v) is 5.31. The molecule has 0 aromatic heterocycles. The lowest BCUT2D eigenvalue weighted by Gasteiger charge is -2.30. The molecule has 0 saturated carbocycles. The van der Waals surface area contributed by atoms with E-state index in [-0.39, 0.29) is 18.3 Å². The van der Waals surface area contributed by atoms with Gasteiger partial charge < -0.3 is 10.2 Å². The quantitative estimate of drug-likeness (QED) is 0.864. The van der Waals surface area contributed by atoms with Crippen LogP contribution in [0.15, 0.2) is 28.7 Å². The number of likely N-dealkylation sites (tertiary alicyclic amines) is 1. The van der Waals surface area contributed by atoms with E-state index in [4.69, 9.17) is 0 Å². The molecule has 0 aliphatic carbocycles. The zero-order chi connectivity index (χ0) is 14.3. The molecule has 2 heterocycles. The van der Waals surface area contributed by atoms with Gasteiger partial charge >= 0.3 is 0 Å². The molecule has 2 aliphatic rings. The number of fused-ring (bicyclic) bond motifs is 1. The monoisotopic (exact) mass is 372 g/mol. The summed E-state index contributed by atoms with van der Waals surface area (Å²) in [5.74, 6) is 1.56. The second kappa shape index (κ2) is 6.27. The average Bonchev–Trinajstić information content (AvgIpc) is 2.99. The Morgan fingerprint density at radius 3 is 2.24 bits per heavy atom. The minimum Gasteiger partial charge on any atom is -0.341 e. The second-order valence-corrected chi connectivity index (χ2v) is 7.44. The first-order chi connectivity index (χ1) is 9.48. The second-order valence-electron chi connectivity index (χ2n) is 6.52. The van der Waals surface area contributed by atoms with Crippen molar-refractivity contribution in [2.75, 3.05) is 26.2 Å². The summed E-state index contributed by atoms with van der Waals surface area (Å²) in [4.78, 5) is 14.9. The Bertz CT molecular complexity index is 506. The molecule has 1 aromatic carbocycles. The van der Waals surface area contributed by atoms with Crippen LogP contribution >= 0.6 is 28.3 Å². The van der Waals surface area contributed by atoms with E-state index in [2.05, 4.69) is 26.1 Å². The van der Waals surface area contributed by atoms with Gasteiger partial charge in [0.1, 0.15) is 0 Å². The van der Waals surface area contributed by atoms with Crippen LogP contribution in [0.5, 0.6) is 0 Å². The predicted octanol–water partition coefficient (Wildman–Crippen LogP) is 2.83. The molecule has 116 valence electrons. The Morgan fingerprint density at radius 1 is 1.19 bits per heavy atom. The topological polar surface area (TPSA) is 32.3 Å². The normalized spacial score (nSPS) is 24.6. The molecule has 2 fully saturated rings. The van der Waals surface area contributed by atoms with Crippen LogP contribution in [0.25, 0.3) is 0 Å². The van der Waals surface area contributed by atoms with E-state index in [9.17, 15) is 4.79 Å². The van der Waals surface area contributed by atoms with Gasteiger partial charge in [-0.1, -0.05) is 28.1 Å². The van der Waals surface area contributed by atoms with Crippen LogP contribution in [-0.4, -0.2) is 37.0 Å². The molecule has 3 nitrogen and oxygen atoms in total. The fraction of sp³-hybridized carbons (Fsp3) is 0.562. The number of benzene rings is 1. The third kappa shape index (κ3) is 3.13. The summed E-state index contributed by atoms with van der Waals surface area (Å²) in [7, 11) is 0. The van der Waals surface area contributed by atoms with Gasteiger partial charge in [-0.25, -0.2) is 0 Å². The number of rotatable bonds is 2. The van der Waals surface area contributed by atoms with Crippen LogP contribution in [0.3, 0.4) is 0 Å². The van der Waals surface area contributed by atoms with Gasteiger partial charge in [-0.05, 0) is 43.4 Å². The van der Waals surface area contributed by atoms with Gasteiger partial charge in [-0.2, -0.15) is 0 Å². The highest BCUT2D eigenvalue weighted by atomic mass is 79.9. The third-order valence-electron chi connectivity index (χ3n) is 4.78. The lowest BCUT2D eigenvalue weighted by Crippen LogP contribution is -2.43. The molecule has 2 saturated heterocycles. The highest BCUT2D eigenvalue weighted by Gasteiger charge is 2.42. The first kappa shape index (κ1) is 16.8. The van der Waals surface area contributed by atoms with E-state index in [0.717, 1.165) is 36.2 Å². The summed E-state index contributed by atoms with van der Waals surface area (Å²) in [6.07, 6.45) is 0. The summed E-state index contributed by atoms with van der Waals surface area (Å²) >= 11 is 3.45. The number of amides is 1. The number of nitrogens with one attached hydrogen (secondary N) is 1. The molecule has 0 spiro atoms. The molecular weight excluding hydrogens is 352 g/mol. The highest BCUT2D eigenvalue weighted by molar-refractivity contribution is 9.10. The Hall–Kier alpha value is -0.580. The van der Waals surface area contributed by atoms with E-state index in [1.807, 2.05) is 38.1 Å². The first-order valence-corrected chi connectivity index (χ1v) is 8.04. The molecule has 1 N–H and O–H groups in total. The number of hydrogen-bond donors (Lipinski definition) is 1. The number of carbonyl (C=O) groups excluding carboxylic acids is 1. The van der Waals surface area contributed by atoms with Crippen molar-refractivity contribution in [2.24, 2.45) is 11.8 Å². The number of halogens is 2. The van der Waals surface area contributed by atoms with Crippen LogP contribution in [0.2, 0.25) is 0 Å². The van der Waals surface area contributed by atoms with Gasteiger partial charge in [0.05, 0.1) is 5.41 Å². The lowest BCUT2D eigenvalue weighted by atomic mass is 9.83. The molecule has 1 amide bonds. The van der Waals surface area contributed by atoms with E-state index in [1.54, 1.807) is 0 Å². The Labute approximate surface area is 141 Å². The van der Waals surface area contributed by atoms with Crippen LogP contribution < -0.4 is 5.32 Å². The van der Waals surface area contributed by atoms with E-state index in [0.29, 0.717) is 11.8 Å². The Morgan fingerprint density at radius 2 is 1.71 bits per heavy atom. The molecule has 2 aliphatic heterocycles. The summed E-state index contributed by atoms with van der Waals surface area (Å²) in [6.45, 7) is 8.02. The number of nitrogens with zero attached hydrogens (tertiary/aromatic N) is 1. The number of carbonyl (C=O) groups is 1. The standard InChI is InChI=1S/C16H21BrN2O.ClH/c1-16(2,13-3-5-14(17)6-4-13)15(20)19-9-11-7-18-8-12(11)10-19;/h3-6,11-12,18H,7-10H2,1-2H3;1H/t11-,12+;. The molecule has 0 unspecified atom stereocenters. The molecule has 0 radical (unpaired) electrons. The molecular formula is C16H22BrClN2O. The van der Waals surface area contributed by atoms with Crippen molar-refractivity contribution in [1.82, 2.24) is 10.2 Å². The Kier molecular flexibility index (Phi) is 5.01. The lowest BCUT2D eigenvalue weighted by molar-refractivity contribution is -0.135. The van der Waals surface area contributed by atoms with Gasteiger partial charge in [-0.3, -0.25) is 4.79 Å². The maximum atomic E-state index is 12.9. The summed E-state index contributed by atoms with van der Waals surface area (Å²) in [5.41, 5.74) is 0.633. The van der Waals surface area contributed by atoms with E-state index in [1.165, 1.54) is 0 Å². The first-order valence-electron chi connectivity index (χ1n) is 7.24. The summed E-state index contributed by atoms with van der Waals surface area (Å²) in [5, 5.41) is 3.42. The maximum Gasteiger partial charge on any atom is 0.232 e. The van der Waals surface area contributed by atoms with Gasteiger partial charge in [-0.15, -0.1) is 12.4 Å². The van der Waals surface area contributed by atoms with Crippen molar-refractivity contribution in [2.45, 2.75) is 19.3 Å². The van der Waals surface area contributed by atoms with Crippen molar-refractivity contribution in [3.05, 3.63) is 34.3 Å². The zero-order valence-electron chi connectivity index (χ0n) is 12.4. The minimum absolute atomic E-state index is 0. The highest BCUT2D eigenvalue weighted by Crippen LogP contribution is 2.32. The van der Waals surface area contributed by atoms with Crippen LogP contribution in [-0.2, 0) is 10.2 Å². The average molecular weight is 374 g/mol. The largest absolute Gasteiger partial charge is 0.341 e. The summed E-state index contributed by atoms with van der Waals surface area (Å²) in [6, 6.07) is 8.10. The molecule has 1 aromatic rings. The predicted molar refractivity (Wildman–Crippen MR) is 90.8 cm³/mol. The van der Waals surface area contributed by atoms with E-state index >= 15 is 0 Å². The SMILES string of the molecule is CC(C)(C(=O)N1C[C@H]2CNC[C@H]2C1)c1ccc(Br)cc1.Cl. The van der Waals surface area contributed by atoms with E-state index < -0.39 is 5.41 Å². The van der Waals surface area contributed by atoms with Crippen molar-refractivity contribution in [1.29, 1.82) is 0 Å². The van der Waals surface area contributed by atoms with Crippen LogP contribution in [0.1, 0.15) is 19.4 Å². The fourth-order valence-electron chi connectivity index (χ4n) is 3.41. The van der Waals surface area contributed by atoms with Crippen molar-refractivity contribution >= 4 is 34.2 Å². The summed E-state index contributed by atoms with van der Waals surface area (Å²) < 4.78 is 1.05. The van der Waals surface area contributed by atoms with Crippen molar-refractivity contribution in [3.8, 4) is 0 Å². The van der Waals surface area contributed by atoms with Crippen molar-refractivity contribution in [3.63, 3.8) is 0 Å². The molecule has 0 bridgehead atoms. The zero-order valence-corrected chi connectivity index (χ0v) is 14.8. The minimum atomic E-state index is -0.452. The fourth-order valence-corrected chi connectivity index (χ4v) is 3.67. The maximum absolute atomic E-state index is 12.9. The molecule has 5 heteroatoms. The molecule has 2 atom stereocenters. The Balaban J connectivity index is 0.00000161. The van der Waals surface area contributed by atoms with Gasteiger partial charge in [0.15, 0.2) is 0 Å². The van der Waals surface area contributed by atoms with Gasteiger partial charge in [0, 0.05) is 30.7 Å². The van der Waals surface area contributed by atoms with Crippen molar-refractivity contribution < 1.29 is 4.79 Å². The van der Waals surface area contributed by atoms with Gasteiger partial charge in [0.25, 0.3) is 0 Å². The van der Waals surface area contributed by atoms with Crippen LogP contribution in [0.4, 0.5) is 0 Å².